The molecule has 0 aliphatic heterocycles. The van der Waals surface area contributed by atoms with Crippen LogP contribution in [0.15, 0.2) is 24.3 Å². The molecule has 0 atom stereocenters. The highest BCUT2D eigenvalue weighted by Gasteiger charge is 2.21. The van der Waals surface area contributed by atoms with Crippen LogP contribution >= 0.6 is 0 Å². The van der Waals surface area contributed by atoms with Gasteiger partial charge in [0.2, 0.25) is 0 Å². The number of hydrogen-bond acceptors (Lipinski definition) is 2. The number of hydrogen-bond donors (Lipinski definition) is 1. The van der Waals surface area contributed by atoms with Gasteiger partial charge in [0.25, 0.3) is 0 Å². The summed E-state index contributed by atoms with van der Waals surface area (Å²) in [4.78, 5) is 14.0. The van der Waals surface area contributed by atoms with Crippen molar-refractivity contribution in [3.8, 4) is 5.75 Å². The van der Waals surface area contributed by atoms with E-state index in [0.717, 1.165) is 24.2 Å². The van der Waals surface area contributed by atoms with Crippen molar-refractivity contribution in [3.05, 3.63) is 29.8 Å². The molecule has 0 aromatic heterocycles. The van der Waals surface area contributed by atoms with E-state index in [2.05, 4.69) is 5.32 Å². The number of ether oxygens (including phenoxy) is 1. The van der Waals surface area contributed by atoms with Crippen LogP contribution < -0.4 is 10.1 Å². The molecule has 0 bridgehead atoms. The van der Waals surface area contributed by atoms with E-state index in [4.69, 9.17) is 4.74 Å². The lowest BCUT2D eigenvalue weighted by Crippen LogP contribution is -2.44. The Bertz CT molecular complexity index is 439. The van der Waals surface area contributed by atoms with Crippen LogP contribution in [-0.2, 0) is 6.54 Å². The summed E-state index contributed by atoms with van der Waals surface area (Å²) in [7, 11) is 1.91. The van der Waals surface area contributed by atoms with E-state index >= 15 is 0 Å². The average molecular weight is 290 g/mol. The minimum Gasteiger partial charge on any atom is -0.494 e. The molecule has 1 aromatic carbocycles. The highest BCUT2D eigenvalue weighted by Crippen LogP contribution is 2.21. The lowest BCUT2D eigenvalue weighted by atomic mass is 9.95. The van der Waals surface area contributed by atoms with Gasteiger partial charge in [-0.2, -0.15) is 0 Å². The first-order valence-electron chi connectivity index (χ1n) is 7.93. The van der Waals surface area contributed by atoms with Crippen LogP contribution in [0.4, 0.5) is 4.79 Å². The number of rotatable bonds is 5. The van der Waals surface area contributed by atoms with Crippen molar-refractivity contribution in [2.45, 2.75) is 51.6 Å². The lowest BCUT2D eigenvalue weighted by Gasteiger charge is -2.31. The van der Waals surface area contributed by atoms with Crippen LogP contribution in [0.3, 0.4) is 0 Å². The quantitative estimate of drug-likeness (QED) is 0.901. The summed E-state index contributed by atoms with van der Waals surface area (Å²) < 4.78 is 5.41. The van der Waals surface area contributed by atoms with Crippen molar-refractivity contribution in [1.29, 1.82) is 0 Å². The van der Waals surface area contributed by atoms with Crippen molar-refractivity contribution in [1.82, 2.24) is 10.2 Å². The Balaban J connectivity index is 1.79. The second kappa shape index (κ2) is 7.91. The molecule has 0 saturated heterocycles. The monoisotopic (exact) mass is 290 g/mol. The number of nitrogens with one attached hydrogen (secondary N) is 1. The predicted octanol–water partition coefficient (Wildman–Crippen LogP) is 3.56. The summed E-state index contributed by atoms with van der Waals surface area (Å²) >= 11 is 0. The van der Waals surface area contributed by atoms with Gasteiger partial charge in [-0.05, 0) is 37.5 Å². The second-order valence-corrected chi connectivity index (χ2v) is 5.64. The molecule has 4 nitrogen and oxygen atoms in total. The first kappa shape index (κ1) is 15.7. The molecular formula is C17H26N2O2. The number of urea groups is 1. The maximum Gasteiger partial charge on any atom is 0.317 e. The maximum absolute atomic E-state index is 12.2. The topological polar surface area (TPSA) is 41.6 Å². The maximum atomic E-state index is 12.2. The highest BCUT2D eigenvalue weighted by molar-refractivity contribution is 5.74. The second-order valence-electron chi connectivity index (χ2n) is 5.64. The molecule has 0 radical (unpaired) electrons. The summed E-state index contributed by atoms with van der Waals surface area (Å²) in [6.45, 7) is 3.19. The third-order valence-electron chi connectivity index (χ3n) is 4.12. The van der Waals surface area contributed by atoms with E-state index in [-0.39, 0.29) is 6.03 Å². The van der Waals surface area contributed by atoms with E-state index < -0.39 is 0 Å². The summed E-state index contributed by atoms with van der Waals surface area (Å²) in [5, 5.41) is 2.99. The fourth-order valence-electron chi connectivity index (χ4n) is 2.81. The van der Waals surface area contributed by atoms with E-state index in [1.165, 1.54) is 19.3 Å². The molecule has 21 heavy (non-hydrogen) atoms. The van der Waals surface area contributed by atoms with Gasteiger partial charge in [0, 0.05) is 19.6 Å². The van der Waals surface area contributed by atoms with Gasteiger partial charge < -0.3 is 15.0 Å². The van der Waals surface area contributed by atoms with Crippen LogP contribution in [0.2, 0.25) is 0 Å². The van der Waals surface area contributed by atoms with Gasteiger partial charge in [-0.3, -0.25) is 0 Å². The average Bonchev–Trinajstić information content (AvgIpc) is 2.54. The van der Waals surface area contributed by atoms with Crippen molar-refractivity contribution in [2.75, 3.05) is 13.7 Å². The van der Waals surface area contributed by atoms with Crippen molar-refractivity contribution >= 4 is 6.03 Å². The minimum absolute atomic E-state index is 0.0239. The fourth-order valence-corrected chi connectivity index (χ4v) is 2.81. The normalized spacial score (nSPS) is 15.5. The smallest absolute Gasteiger partial charge is 0.317 e. The Morgan fingerprint density at radius 1 is 1.24 bits per heavy atom. The first-order chi connectivity index (χ1) is 10.2. The van der Waals surface area contributed by atoms with Crippen molar-refractivity contribution in [3.63, 3.8) is 0 Å². The molecular weight excluding hydrogens is 264 g/mol. The van der Waals surface area contributed by atoms with Gasteiger partial charge in [0.15, 0.2) is 0 Å². The molecule has 1 aromatic rings. The van der Waals surface area contributed by atoms with Gasteiger partial charge in [-0.1, -0.05) is 31.4 Å². The van der Waals surface area contributed by atoms with Crippen LogP contribution in [0.1, 0.15) is 44.6 Å². The molecule has 0 heterocycles. The third-order valence-corrected chi connectivity index (χ3v) is 4.12. The largest absolute Gasteiger partial charge is 0.494 e. The highest BCUT2D eigenvalue weighted by atomic mass is 16.5. The van der Waals surface area contributed by atoms with Crippen LogP contribution in [-0.4, -0.2) is 30.6 Å². The van der Waals surface area contributed by atoms with E-state index in [9.17, 15) is 4.79 Å². The molecule has 2 rings (SSSR count). The predicted molar refractivity (Wildman–Crippen MR) is 84.5 cm³/mol. The molecule has 116 valence electrons. The minimum atomic E-state index is 0.0239. The SMILES string of the molecule is CCOc1ccc(CNC(=O)N(C)C2CCCCC2)cc1. The molecule has 0 spiro atoms. The molecule has 0 unspecified atom stereocenters. The molecule has 2 amide bonds. The molecule has 1 aliphatic rings. The van der Waals surface area contributed by atoms with Gasteiger partial charge >= 0.3 is 6.03 Å². The fraction of sp³-hybridized carbons (Fsp3) is 0.588. The molecule has 1 N–H and O–H groups in total. The molecule has 4 heteroatoms. The standard InChI is InChI=1S/C17H26N2O2/c1-3-21-16-11-9-14(10-12-16)13-18-17(20)19(2)15-7-5-4-6-8-15/h9-12,15H,3-8,13H2,1-2H3,(H,18,20). The van der Waals surface area contributed by atoms with E-state index in [1.807, 2.05) is 43.1 Å². The Morgan fingerprint density at radius 2 is 1.90 bits per heavy atom. The molecule has 1 fully saturated rings. The Labute approximate surface area is 127 Å². The third kappa shape index (κ3) is 4.66. The van der Waals surface area contributed by atoms with Crippen molar-refractivity contribution < 1.29 is 9.53 Å². The van der Waals surface area contributed by atoms with Crippen LogP contribution in [0.5, 0.6) is 5.75 Å². The molecule has 1 aliphatic carbocycles. The number of benzene rings is 1. The number of amides is 2. The lowest BCUT2D eigenvalue weighted by molar-refractivity contribution is 0.173. The molecule has 1 saturated carbocycles. The number of carbonyl (C=O) groups is 1. The van der Waals surface area contributed by atoms with Gasteiger partial charge in [0.1, 0.15) is 5.75 Å². The zero-order valence-electron chi connectivity index (χ0n) is 13.1. The Hall–Kier alpha value is -1.71. The van der Waals surface area contributed by atoms with Gasteiger partial charge in [0.05, 0.1) is 6.61 Å². The summed E-state index contributed by atoms with van der Waals surface area (Å²) in [5.74, 6) is 0.868. The van der Waals surface area contributed by atoms with E-state index in [0.29, 0.717) is 19.2 Å². The van der Waals surface area contributed by atoms with Crippen molar-refractivity contribution in [2.24, 2.45) is 0 Å². The number of nitrogens with zero attached hydrogens (tertiary/aromatic N) is 1. The van der Waals surface area contributed by atoms with Gasteiger partial charge in [-0.15, -0.1) is 0 Å². The summed E-state index contributed by atoms with van der Waals surface area (Å²) in [5.41, 5.74) is 1.09. The van der Waals surface area contributed by atoms with Gasteiger partial charge in [-0.25, -0.2) is 4.79 Å². The number of carbonyl (C=O) groups excluding carboxylic acids is 1. The Kier molecular flexibility index (Phi) is 5.90. The van der Waals surface area contributed by atoms with E-state index in [1.54, 1.807) is 0 Å². The summed E-state index contributed by atoms with van der Waals surface area (Å²) in [6.07, 6.45) is 6.04. The van der Waals surface area contributed by atoms with Crippen LogP contribution in [0, 0.1) is 0 Å². The Morgan fingerprint density at radius 3 is 2.52 bits per heavy atom. The summed E-state index contributed by atoms with van der Waals surface area (Å²) in [6, 6.07) is 8.29. The first-order valence-corrected chi connectivity index (χ1v) is 7.93. The zero-order valence-corrected chi connectivity index (χ0v) is 13.1. The van der Waals surface area contributed by atoms with Crippen LogP contribution in [0.25, 0.3) is 0 Å². The zero-order chi connectivity index (χ0) is 15.1.